The van der Waals surface area contributed by atoms with Gasteiger partial charge >= 0.3 is 0 Å². The van der Waals surface area contributed by atoms with E-state index in [0.29, 0.717) is 10.2 Å². The van der Waals surface area contributed by atoms with Crippen molar-refractivity contribution >= 4 is 15.9 Å². The lowest BCUT2D eigenvalue weighted by Gasteiger charge is -2.06. The van der Waals surface area contributed by atoms with Crippen molar-refractivity contribution in [2.24, 2.45) is 0 Å². The highest BCUT2D eigenvalue weighted by atomic mass is 79.9. The Bertz CT molecular complexity index is 556. The molecular weight excluding hydrogens is 264 g/mol. The third-order valence-corrected chi connectivity index (χ3v) is 2.87. The fraction of sp³-hybridized carbons (Fsp3) is 0.0769. The van der Waals surface area contributed by atoms with Crippen molar-refractivity contribution in [3.8, 4) is 17.2 Å². The van der Waals surface area contributed by atoms with Crippen LogP contribution in [0.1, 0.15) is 11.3 Å². The number of pyridine rings is 1. The molecule has 0 atom stereocenters. The van der Waals surface area contributed by atoms with Crippen molar-refractivity contribution in [1.82, 2.24) is 4.98 Å². The van der Waals surface area contributed by atoms with Gasteiger partial charge in [-0.25, -0.2) is 4.98 Å². The minimum Gasteiger partial charge on any atom is -0.245 e. The van der Waals surface area contributed by atoms with E-state index in [0.717, 1.165) is 16.8 Å². The van der Waals surface area contributed by atoms with Gasteiger partial charge in [0.2, 0.25) is 0 Å². The van der Waals surface area contributed by atoms with Gasteiger partial charge in [0, 0.05) is 11.3 Å². The van der Waals surface area contributed by atoms with Crippen molar-refractivity contribution < 1.29 is 0 Å². The van der Waals surface area contributed by atoms with Crippen LogP contribution in [0.15, 0.2) is 41.0 Å². The molecule has 0 N–H and O–H groups in total. The zero-order chi connectivity index (χ0) is 11.5. The van der Waals surface area contributed by atoms with Crippen molar-refractivity contribution in [3.63, 3.8) is 0 Å². The first-order valence-electron chi connectivity index (χ1n) is 4.85. The van der Waals surface area contributed by atoms with Crippen LogP contribution < -0.4 is 0 Å². The van der Waals surface area contributed by atoms with Crippen LogP contribution in [0.25, 0.3) is 11.1 Å². The summed E-state index contributed by atoms with van der Waals surface area (Å²) in [6.07, 6.45) is 0. The molecule has 0 fully saturated rings. The summed E-state index contributed by atoms with van der Waals surface area (Å²) in [5.41, 5.74) is 3.43. The Hall–Kier alpha value is -1.66. The molecule has 0 saturated carbocycles. The van der Waals surface area contributed by atoms with Gasteiger partial charge < -0.3 is 0 Å². The number of aromatic nitrogens is 1. The molecule has 2 rings (SSSR count). The van der Waals surface area contributed by atoms with Gasteiger partial charge in [-0.15, -0.1) is 0 Å². The SMILES string of the molecule is Cc1cc(-c2ccccc2)c(C#N)c(Br)n1. The molecule has 0 aliphatic heterocycles. The summed E-state index contributed by atoms with van der Waals surface area (Å²) in [4.78, 5) is 4.22. The summed E-state index contributed by atoms with van der Waals surface area (Å²) in [5, 5.41) is 9.13. The standard InChI is InChI=1S/C13H9BrN2/c1-9-7-11(10-5-3-2-4-6-10)12(8-15)13(14)16-9/h2-7H,1H3. The predicted octanol–water partition coefficient (Wildman–Crippen LogP) is 3.69. The van der Waals surface area contributed by atoms with Crippen molar-refractivity contribution in [2.45, 2.75) is 6.92 Å². The number of hydrogen-bond donors (Lipinski definition) is 0. The lowest BCUT2D eigenvalue weighted by Crippen LogP contribution is -1.92. The highest BCUT2D eigenvalue weighted by Gasteiger charge is 2.10. The van der Waals surface area contributed by atoms with Crippen LogP contribution >= 0.6 is 15.9 Å². The van der Waals surface area contributed by atoms with E-state index in [-0.39, 0.29) is 0 Å². The van der Waals surface area contributed by atoms with Gasteiger partial charge in [0.25, 0.3) is 0 Å². The van der Waals surface area contributed by atoms with E-state index in [1.807, 2.05) is 43.3 Å². The molecule has 0 aliphatic rings. The Morgan fingerprint density at radius 2 is 1.94 bits per heavy atom. The fourth-order valence-electron chi connectivity index (χ4n) is 1.59. The molecule has 78 valence electrons. The normalized spacial score (nSPS) is 9.81. The maximum Gasteiger partial charge on any atom is 0.124 e. The quantitative estimate of drug-likeness (QED) is 0.743. The summed E-state index contributed by atoms with van der Waals surface area (Å²) < 4.78 is 0.605. The van der Waals surface area contributed by atoms with Gasteiger partial charge in [0.05, 0.1) is 5.56 Å². The first-order valence-corrected chi connectivity index (χ1v) is 5.64. The second-order valence-corrected chi connectivity index (χ2v) is 4.21. The average molecular weight is 273 g/mol. The smallest absolute Gasteiger partial charge is 0.124 e. The summed E-state index contributed by atoms with van der Waals surface area (Å²) in [6, 6.07) is 14.0. The summed E-state index contributed by atoms with van der Waals surface area (Å²) in [6.45, 7) is 1.92. The van der Waals surface area contributed by atoms with Gasteiger partial charge in [-0.05, 0) is 34.5 Å². The van der Waals surface area contributed by atoms with E-state index in [2.05, 4.69) is 27.0 Å². The molecule has 0 radical (unpaired) electrons. The number of rotatable bonds is 1. The minimum absolute atomic E-state index is 0.580. The van der Waals surface area contributed by atoms with Crippen LogP contribution in [-0.2, 0) is 0 Å². The fourth-order valence-corrected chi connectivity index (χ4v) is 2.17. The summed E-state index contributed by atoms with van der Waals surface area (Å²) in [5.74, 6) is 0. The van der Waals surface area contributed by atoms with Crippen molar-refractivity contribution in [3.05, 3.63) is 52.3 Å². The number of nitrogens with zero attached hydrogens (tertiary/aromatic N) is 2. The topological polar surface area (TPSA) is 36.7 Å². The van der Waals surface area contributed by atoms with E-state index in [1.54, 1.807) is 0 Å². The van der Waals surface area contributed by atoms with Gasteiger partial charge in [0.1, 0.15) is 10.7 Å². The van der Waals surface area contributed by atoms with E-state index < -0.39 is 0 Å². The lowest BCUT2D eigenvalue weighted by atomic mass is 10.0. The number of nitriles is 1. The second kappa shape index (κ2) is 4.46. The van der Waals surface area contributed by atoms with Crippen LogP contribution in [-0.4, -0.2) is 4.98 Å². The molecule has 0 amide bonds. The molecule has 2 aromatic rings. The molecular formula is C13H9BrN2. The Morgan fingerprint density at radius 1 is 1.25 bits per heavy atom. The Kier molecular flexibility index (Phi) is 3.02. The first kappa shape index (κ1) is 10.8. The van der Waals surface area contributed by atoms with Gasteiger partial charge in [0.15, 0.2) is 0 Å². The molecule has 0 aliphatic carbocycles. The maximum atomic E-state index is 9.13. The largest absolute Gasteiger partial charge is 0.245 e. The number of aryl methyl sites for hydroxylation is 1. The first-order chi connectivity index (χ1) is 7.72. The van der Waals surface area contributed by atoms with Crippen LogP contribution in [0, 0.1) is 18.3 Å². The zero-order valence-electron chi connectivity index (χ0n) is 8.74. The number of hydrogen-bond acceptors (Lipinski definition) is 2. The molecule has 0 spiro atoms. The molecule has 1 heterocycles. The predicted molar refractivity (Wildman–Crippen MR) is 66.8 cm³/mol. The third kappa shape index (κ3) is 1.98. The molecule has 0 unspecified atom stereocenters. The molecule has 0 saturated heterocycles. The zero-order valence-corrected chi connectivity index (χ0v) is 10.3. The molecule has 3 heteroatoms. The Balaban J connectivity index is 2.70. The molecule has 1 aromatic carbocycles. The Morgan fingerprint density at radius 3 is 2.56 bits per heavy atom. The number of benzene rings is 1. The number of halogens is 1. The molecule has 0 bridgehead atoms. The van der Waals surface area contributed by atoms with Crippen LogP contribution in [0.4, 0.5) is 0 Å². The molecule has 16 heavy (non-hydrogen) atoms. The lowest BCUT2D eigenvalue weighted by molar-refractivity contribution is 1.15. The van der Waals surface area contributed by atoms with E-state index in [1.165, 1.54) is 0 Å². The van der Waals surface area contributed by atoms with E-state index in [4.69, 9.17) is 5.26 Å². The van der Waals surface area contributed by atoms with Gasteiger partial charge in [-0.1, -0.05) is 30.3 Å². The minimum atomic E-state index is 0.580. The third-order valence-electron chi connectivity index (χ3n) is 2.30. The van der Waals surface area contributed by atoms with E-state index >= 15 is 0 Å². The second-order valence-electron chi connectivity index (χ2n) is 3.45. The summed E-state index contributed by atoms with van der Waals surface area (Å²) >= 11 is 3.32. The average Bonchev–Trinajstić information content (AvgIpc) is 2.29. The molecule has 2 nitrogen and oxygen atoms in total. The highest BCUT2D eigenvalue weighted by molar-refractivity contribution is 9.10. The van der Waals surface area contributed by atoms with Gasteiger partial charge in [-0.2, -0.15) is 5.26 Å². The summed E-state index contributed by atoms with van der Waals surface area (Å²) in [7, 11) is 0. The van der Waals surface area contributed by atoms with Crippen LogP contribution in [0.2, 0.25) is 0 Å². The maximum absolute atomic E-state index is 9.13. The Labute approximate surface area is 103 Å². The van der Waals surface area contributed by atoms with Gasteiger partial charge in [-0.3, -0.25) is 0 Å². The van der Waals surface area contributed by atoms with Crippen LogP contribution in [0.3, 0.4) is 0 Å². The van der Waals surface area contributed by atoms with Crippen molar-refractivity contribution in [1.29, 1.82) is 5.26 Å². The van der Waals surface area contributed by atoms with Crippen molar-refractivity contribution in [2.75, 3.05) is 0 Å². The molecule has 1 aromatic heterocycles. The monoisotopic (exact) mass is 272 g/mol. The van der Waals surface area contributed by atoms with Crippen LogP contribution in [0.5, 0.6) is 0 Å². The highest BCUT2D eigenvalue weighted by Crippen LogP contribution is 2.28. The van der Waals surface area contributed by atoms with E-state index in [9.17, 15) is 0 Å².